The van der Waals surface area contributed by atoms with Gasteiger partial charge in [0.15, 0.2) is 5.82 Å². The van der Waals surface area contributed by atoms with Crippen LogP contribution in [0.3, 0.4) is 0 Å². The number of halogens is 2. The van der Waals surface area contributed by atoms with Gasteiger partial charge in [0, 0.05) is 11.5 Å². The molecule has 0 fully saturated rings. The number of aromatic nitrogens is 3. The van der Waals surface area contributed by atoms with Crippen LogP contribution in [0.5, 0.6) is 0 Å². The van der Waals surface area contributed by atoms with Gasteiger partial charge < -0.3 is 0 Å². The fraction of sp³-hybridized carbons (Fsp3) is 0.0800. The molecule has 5 rings (SSSR count). The van der Waals surface area contributed by atoms with E-state index in [9.17, 15) is 13.6 Å². The minimum atomic E-state index is -0.334. The standard InChI is InChI=1S/C25H17F2N3OS/c1-15(18-9-12-20(21(27)14-18)17-5-3-2-4-6-17)23-28-25-30(29-23)24(31)22(32-25)13-16-7-10-19(26)11-8-16/h2-15H,1H3/b22-13-. The summed E-state index contributed by atoms with van der Waals surface area (Å²) in [5, 5.41) is 4.38. The van der Waals surface area contributed by atoms with Crippen molar-refractivity contribution in [3.05, 3.63) is 116 Å². The van der Waals surface area contributed by atoms with Gasteiger partial charge in [-0.2, -0.15) is 4.52 Å². The summed E-state index contributed by atoms with van der Waals surface area (Å²) in [6.45, 7) is 1.88. The molecule has 0 saturated heterocycles. The van der Waals surface area contributed by atoms with Crippen LogP contribution >= 0.6 is 11.3 Å². The number of rotatable bonds is 4. The Labute approximate surface area is 186 Å². The van der Waals surface area contributed by atoms with E-state index in [2.05, 4.69) is 10.1 Å². The zero-order valence-electron chi connectivity index (χ0n) is 17.0. The molecule has 0 amide bonds. The van der Waals surface area contributed by atoms with E-state index in [0.717, 1.165) is 16.7 Å². The van der Waals surface area contributed by atoms with Crippen LogP contribution in [0.2, 0.25) is 0 Å². The second kappa shape index (κ2) is 8.09. The first-order valence-corrected chi connectivity index (χ1v) is 10.8. The number of hydrogen-bond acceptors (Lipinski definition) is 4. The molecule has 1 unspecified atom stereocenters. The SMILES string of the molecule is CC(c1ccc(-c2ccccc2)c(F)c1)c1nc2s/c(=C\c3ccc(F)cc3)c(=O)n2n1. The number of nitrogens with zero attached hydrogens (tertiary/aromatic N) is 3. The topological polar surface area (TPSA) is 47.3 Å². The summed E-state index contributed by atoms with van der Waals surface area (Å²) in [7, 11) is 0. The monoisotopic (exact) mass is 445 g/mol. The van der Waals surface area contributed by atoms with Gasteiger partial charge in [-0.25, -0.2) is 13.8 Å². The largest absolute Gasteiger partial charge is 0.291 e. The molecule has 4 nitrogen and oxygen atoms in total. The van der Waals surface area contributed by atoms with Crippen molar-refractivity contribution in [1.82, 2.24) is 14.6 Å². The maximum absolute atomic E-state index is 14.8. The van der Waals surface area contributed by atoms with Crippen LogP contribution < -0.4 is 10.1 Å². The normalized spacial score (nSPS) is 13.0. The molecule has 0 radical (unpaired) electrons. The molecule has 0 spiro atoms. The van der Waals surface area contributed by atoms with Gasteiger partial charge in [-0.15, -0.1) is 5.10 Å². The van der Waals surface area contributed by atoms with Crippen molar-refractivity contribution in [2.75, 3.05) is 0 Å². The van der Waals surface area contributed by atoms with Crippen LogP contribution in [0, 0.1) is 11.6 Å². The summed E-state index contributed by atoms with van der Waals surface area (Å²) < 4.78 is 29.6. The van der Waals surface area contributed by atoms with Gasteiger partial charge in [0.25, 0.3) is 5.56 Å². The van der Waals surface area contributed by atoms with Gasteiger partial charge in [-0.1, -0.05) is 72.9 Å². The second-order valence-electron chi connectivity index (χ2n) is 7.46. The fourth-order valence-corrected chi connectivity index (χ4v) is 4.46. The number of fused-ring (bicyclic) bond motifs is 1. The van der Waals surface area contributed by atoms with Crippen molar-refractivity contribution in [2.45, 2.75) is 12.8 Å². The first kappa shape index (κ1) is 20.2. The molecule has 7 heteroatoms. The van der Waals surface area contributed by atoms with Gasteiger partial charge in [0.05, 0.1) is 4.53 Å². The third-order valence-electron chi connectivity index (χ3n) is 5.33. The van der Waals surface area contributed by atoms with Gasteiger partial charge in [-0.05, 0) is 41.0 Å². The maximum Gasteiger partial charge on any atom is 0.291 e. The molecule has 2 heterocycles. The molecule has 0 aliphatic rings. The molecule has 2 aromatic heterocycles. The lowest BCUT2D eigenvalue weighted by atomic mass is 9.96. The molecule has 0 aliphatic heterocycles. The molecule has 158 valence electrons. The van der Waals surface area contributed by atoms with Crippen LogP contribution in [0.25, 0.3) is 22.2 Å². The first-order chi connectivity index (χ1) is 15.5. The van der Waals surface area contributed by atoms with Gasteiger partial charge >= 0.3 is 0 Å². The minimum absolute atomic E-state index is 0.286. The van der Waals surface area contributed by atoms with E-state index in [0.29, 0.717) is 20.9 Å². The molecule has 32 heavy (non-hydrogen) atoms. The minimum Gasteiger partial charge on any atom is -0.266 e. The first-order valence-electron chi connectivity index (χ1n) is 10.0. The van der Waals surface area contributed by atoms with Crippen LogP contribution in [-0.2, 0) is 0 Å². The van der Waals surface area contributed by atoms with Crippen molar-refractivity contribution >= 4 is 22.4 Å². The van der Waals surface area contributed by atoms with E-state index in [1.807, 2.05) is 43.3 Å². The van der Waals surface area contributed by atoms with E-state index in [4.69, 9.17) is 0 Å². The number of thiazole rings is 1. The van der Waals surface area contributed by atoms with Crippen molar-refractivity contribution in [1.29, 1.82) is 0 Å². The Morgan fingerprint density at radius 3 is 2.44 bits per heavy atom. The van der Waals surface area contributed by atoms with Crippen molar-refractivity contribution in [3.8, 4) is 11.1 Å². The van der Waals surface area contributed by atoms with Crippen LogP contribution in [0.15, 0.2) is 77.6 Å². The highest BCUT2D eigenvalue weighted by atomic mass is 32.1. The molecular weight excluding hydrogens is 428 g/mol. The zero-order chi connectivity index (χ0) is 22.2. The Hall–Kier alpha value is -3.71. The van der Waals surface area contributed by atoms with E-state index in [-0.39, 0.29) is 23.1 Å². The summed E-state index contributed by atoms with van der Waals surface area (Å²) in [5.41, 5.74) is 2.50. The average molecular weight is 445 g/mol. The Bertz CT molecular complexity index is 1530. The molecule has 3 aromatic carbocycles. The van der Waals surface area contributed by atoms with Crippen LogP contribution in [-0.4, -0.2) is 14.6 Å². The third-order valence-corrected chi connectivity index (χ3v) is 6.29. The van der Waals surface area contributed by atoms with E-state index >= 15 is 0 Å². The molecule has 1 atom stereocenters. The predicted octanol–water partition coefficient (Wildman–Crippen LogP) is 4.80. The molecule has 0 N–H and O–H groups in total. The number of hydrogen-bond donors (Lipinski definition) is 0. The van der Waals surface area contributed by atoms with Crippen LogP contribution in [0.1, 0.15) is 29.8 Å². The van der Waals surface area contributed by atoms with Gasteiger partial charge in [-0.3, -0.25) is 4.79 Å². The smallest absolute Gasteiger partial charge is 0.266 e. The Morgan fingerprint density at radius 1 is 1.00 bits per heavy atom. The lowest BCUT2D eigenvalue weighted by Crippen LogP contribution is -2.24. The molecule has 0 bridgehead atoms. The molecule has 5 aromatic rings. The quantitative estimate of drug-likeness (QED) is 0.399. The van der Waals surface area contributed by atoms with Crippen molar-refractivity contribution in [3.63, 3.8) is 0 Å². The lowest BCUT2D eigenvalue weighted by Gasteiger charge is -2.10. The van der Waals surface area contributed by atoms with Crippen LogP contribution in [0.4, 0.5) is 8.78 Å². The average Bonchev–Trinajstić information content (AvgIpc) is 3.34. The van der Waals surface area contributed by atoms with E-state index in [1.54, 1.807) is 24.3 Å². The highest BCUT2D eigenvalue weighted by molar-refractivity contribution is 7.15. The zero-order valence-corrected chi connectivity index (χ0v) is 17.8. The van der Waals surface area contributed by atoms with E-state index in [1.165, 1.54) is 34.1 Å². The highest BCUT2D eigenvalue weighted by Crippen LogP contribution is 2.28. The maximum atomic E-state index is 14.8. The summed E-state index contributed by atoms with van der Waals surface area (Å²) in [6, 6.07) is 20.4. The summed E-state index contributed by atoms with van der Waals surface area (Å²) in [5.74, 6) is -0.486. The second-order valence-corrected chi connectivity index (χ2v) is 8.47. The summed E-state index contributed by atoms with van der Waals surface area (Å²) in [6.07, 6.45) is 1.68. The highest BCUT2D eigenvalue weighted by Gasteiger charge is 2.19. The summed E-state index contributed by atoms with van der Waals surface area (Å²) >= 11 is 1.21. The molecule has 0 saturated carbocycles. The summed E-state index contributed by atoms with van der Waals surface area (Å²) in [4.78, 5) is 17.7. The lowest BCUT2D eigenvalue weighted by molar-refractivity contribution is 0.626. The third kappa shape index (κ3) is 3.71. The molecule has 0 aliphatic carbocycles. The Balaban J connectivity index is 1.47. The van der Waals surface area contributed by atoms with Crippen molar-refractivity contribution in [2.24, 2.45) is 0 Å². The van der Waals surface area contributed by atoms with E-state index < -0.39 is 0 Å². The van der Waals surface area contributed by atoms with Crippen molar-refractivity contribution < 1.29 is 8.78 Å². The Kier molecular flexibility index (Phi) is 5.11. The number of benzene rings is 3. The fourth-order valence-electron chi connectivity index (χ4n) is 3.54. The van der Waals surface area contributed by atoms with Gasteiger partial charge in [0.1, 0.15) is 11.6 Å². The predicted molar refractivity (Wildman–Crippen MR) is 122 cm³/mol. The Morgan fingerprint density at radius 2 is 1.75 bits per heavy atom. The van der Waals surface area contributed by atoms with Gasteiger partial charge in [0.2, 0.25) is 4.96 Å². The molecular formula is C25H17F2N3OS.